The minimum Gasteiger partial charge on any atom is -0.485 e. The molecule has 6 heteroatoms. The second-order valence-corrected chi connectivity index (χ2v) is 5.96. The Morgan fingerprint density at radius 2 is 1.78 bits per heavy atom. The van der Waals surface area contributed by atoms with Gasteiger partial charge < -0.3 is 19.1 Å². The number of amides is 1. The van der Waals surface area contributed by atoms with Gasteiger partial charge >= 0.3 is 5.97 Å². The maximum Gasteiger partial charge on any atom is 0.351 e. The van der Waals surface area contributed by atoms with Crippen molar-refractivity contribution in [3.63, 3.8) is 0 Å². The van der Waals surface area contributed by atoms with E-state index in [2.05, 4.69) is 0 Å². The Kier molecular flexibility index (Phi) is 5.47. The molecule has 1 amide bonds. The average molecular weight is 321 g/mol. The van der Waals surface area contributed by atoms with Gasteiger partial charge in [0.05, 0.1) is 0 Å². The molecule has 2 rings (SSSR count). The fourth-order valence-corrected chi connectivity index (χ4v) is 2.61. The van der Waals surface area contributed by atoms with Gasteiger partial charge in [0.1, 0.15) is 6.61 Å². The number of rotatable bonds is 5. The first-order chi connectivity index (χ1) is 10.9. The highest BCUT2D eigenvalue weighted by Crippen LogP contribution is 2.31. The zero-order valence-electron chi connectivity index (χ0n) is 13.9. The van der Waals surface area contributed by atoms with Crippen molar-refractivity contribution < 1.29 is 23.8 Å². The third kappa shape index (κ3) is 4.15. The van der Waals surface area contributed by atoms with Crippen molar-refractivity contribution in [2.24, 2.45) is 0 Å². The molecule has 0 aromatic heterocycles. The zero-order chi connectivity index (χ0) is 17.0. The Hall–Kier alpha value is -2.24. The molecule has 0 bridgehead atoms. The van der Waals surface area contributed by atoms with Crippen LogP contribution in [0.25, 0.3) is 0 Å². The van der Waals surface area contributed by atoms with Gasteiger partial charge in [-0.15, -0.1) is 0 Å². The topological polar surface area (TPSA) is 65.1 Å². The van der Waals surface area contributed by atoms with Crippen molar-refractivity contribution in [1.82, 2.24) is 4.90 Å². The van der Waals surface area contributed by atoms with Crippen LogP contribution in [0.5, 0.6) is 11.5 Å². The molecule has 0 fully saturated rings. The third-order valence-electron chi connectivity index (χ3n) is 3.51. The molecule has 1 aliphatic rings. The van der Waals surface area contributed by atoms with Gasteiger partial charge in [-0.2, -0.15) is 0 Å². The van der Waals surface area contributed by atoms with Crippen LogP contribution in [0, 0.1) is 0 Å². The standard InChI is InChI=1S/C17H23NO5/c1-11(2)18(12(3)4)16(19)10-22-17(20)15-9-21-13-7-5-6-8-14(13)23-15/h5-8,11-12,15H,9-10H2,1-4H3. The normalized spacial score (nSPS) is 16.3. The molecule has 1 aliphatic heterocycles. The van der Waals surface area contributed by atoms with Crippen LogP contribution in [-0.4, -0.2) is 48.2 Å². The highest BCUT2D eigenvalue weighted by molar-refractivity contribution is 5.82. The summed E-state index contributed by atoms with van der Waals surface area (Å²) in [6.07, 6.45) is -0.857. The summed E-state index contributed by atoms with van der Waals surface area (Å²) in [5.41, 5.74) is 0. The number of nitrogens with zero attached hydrogens (tertiary/aromatic N) is 1. The van der Waals surface area contributed by atoms with Crippen LogP contribution in [0.15, 0.2) is 24.3 Å². The fraction of sp³-hybridized carbons (Fsp3) is 0.529. The zero-order valence-corrected chi connectivity index (χ0v) is 13.9. The van der Waals surface area contributed by atoms with Gasteiger partial charge in [-0.05, 0) is 39.8 Å². The Bertz CT molecular complexity index is 562. The smallest absolute Gasteiger partial charge is 0.351 e. The molecule has 23 heavy (non-hydrogen) atoms. The first kappa shape index (κ1) is 17.1. The summed E-state index contributed by atoms with van der Waals surface area (Å²) in [5, 5.41) is 0. The second-order valence-electron chi connectivity index (χ2n) is 5.96. The van der Waals surface area contributed by atoms with E-state index in [4.69, 9.17) is 14.2 Å². The summed E-state index contributed by atoms with van der Waals surface area (Å²) in [5.74, 6) is 0.275. The summed E-state index contributed by atoms with van der Waals surface area (Å²) < 4.78 is 16.1. The first-order valence-electron chi connectivity index (χ1n) is 7.76. The van der Waals surface area contributed by atoms with Crippen molar-refractivity contribution in [2.45, 2.75) is 45.9 Å². The lowest BCUT2D eigenvalue weighted by Crippen LogP contribution is -2.45. The van der Waals surface area contributed by atoms with Crippen LogP contribution in [0.1, 0.15) is 27.7 Å². The Balaban J connectivity index is 1.89. The van der Waals surface area contributed by atoms with E-state index in [9.17, 15) is 9.59 Å². The van der Waals surface area contributed by atoms with Gasteiger partial charge in [0.15, 0.2) is 18.1 Å². The lowest BCUT2D eigenvalue weighted by molar-refractivity contribution is -0.161. The van der Waals surface area contributed by atoms with Crippen LogP contribution >= 0.6 is 0 Å². The summed E-state index contributed by atoms with van der Waals surface area (Å²) in [6.45, 7) is 7.48. The molecule has 0 aliphatic carbocycles. The molecule has 0 radical (unpaired) electrons. The molecule has 1 aromatic carbocycles. The summed E-state index contributed by atoms with van der Waals surface area (Å²) in [7, 11) is 0. The van der Waals surface area contributed by atoms with Crippen LogP contribution in [0.2, 0.25) is 0 Å². The molecule has 1 aromatic rings. The lowest BCUT2D eigenvalue weighted by atomic mass is 10.2. The van der Waals surface area contributed by atoms with E-state index in [-0.39, 0.29) is 31.2 Å². The third-order valence-corrected chi connectivity index (χ3v) is 3.51. The number of benzene rings is 1. The molecule has 1 unspecified atom stereocenters. The predicted molar refractivity (Wildman–Crippen MR) is 84.4 cm³/mol. The molecule has 0 N–H and O–H groups in total. The van der Waals surface area contributed by atoms with Gasteiger partial charge in [0.25, 0.3) is 5.91 Å². The number of ether oxygens (including phenoxy) is 3. The number of hydrogen-bond donors (Lipinski definition) is 0. The second kappa shape index (κ2) is 7.35. The number of para-hydroxylation sites is 2. The molecule has 1 atom stereocenters. The number of carbonyl (C=O) groups excluding carboxylic acids is 2. The van der Waals surface area contributed by atoms with Crippen LogP contribution < -0.4 is 9.47 Å². The van der Waals surface area contributed by atoms with Crippen molar-refractivity contribution in [3.8, 4) is 11.5 Å². The number of esters is 1. The van der Waals surface area contributed by atoms with E-state index in [1.165, 1.54) is 0 Å². The minimum atomic E-state index is -0.857. The van der Waals surface area contributed by atoms with Crippen molar-refractivity contribution >= 4 is 11.9 Å². The molecule has 1 heterocycles. The first-order valence-corrected chi connectivity index (χ1v) is 7.76. The Morgan fingerprint density at radius 3 is 2.39 bits per heavy atom. The van der Waals surface area contributed by atoms with E-state index in [1.54, 1.807) is 23.1 Å². The van der Waals surface area contributed by atoms with Gasteiger partial charge in [-0.3, -0.25) is 4.79 Å². The number of hydrogen-bond acceptors (Lipinski definition) is 5. The highest BCUT2D eigenvalue weighted by atomic mass is 16.6. The quantitative estimate of drug-likeness (QED) is 0.776. The van der Waals surface area contributed by atoms with E-state index >= 15 is 0 Å². The molecule has 0 saturated heterocycles. The largest absolute Gasteiger partial charge is 0.485 e. The maximum atomic E-state index is 12.2. The molecular weight excluding hydrogens is 298 g/mol. The fourth-order valence-electron chi connectivity index (χ4n) is 2.61. The molecular formula is C17H23NO5. The van der Waals surface area contributed by atoms with Crippen molar-refractivity contribution in [1.29, 1.82) is 0 Å². The maximum absolute atomic E-state index is 12.2. The van der Waals surface area contributed by atoms with Gasteiger partial charge in [0, 0.05) is 12.1 Å². The lowest BCUT2D eigenvalue weighted by Gasteiger charge is -2.31. The van der Waals surface area contributed by atoms with Crippen LogP contribution in [0.4, 0.5) is 0 Å². The van der Waals surface area contributed by atoms with E-state index in [0.29, 0.717) is 11.5 Å². The van der Waals surface area contributed by atoms with Gasteiger partial charge in [-0.25, -0.2) is 4.79 Å². The summed E-state index contributed by atoms with van der Waals surface area (Å²) in [4.78, 5) is 25.9. The number of carbonyl (C=O) groups is 2. The van der Waals surface area contributed by atoms with Crippen LogP contribution in [-0.2, 0) is 14.3 Å². The van der Waals surface area contributed by atoms with E-state index in [1.807, 2.05) is 33.8 Å². The molecule has 0 saturated carbocycles. The van der Waals surface area contributed by atoms with Crippen molar-refractivity contribution in [2.75, 3.05) is 13.2 Å². The van der Waals surface area contributed by atoms with Gasteiger partial charge in [0.2, 0.25) is 6.10 Å². The monoisotopic (exact) mass is 321 g/mol. The summed E-state index contributed by atoms with van der Waals surface area (Å²) >= 11 is 0. The molecule has 6 nitrogen and oxygen atoms in total. The van der Waals surface area contributed by atoms with Crippen molar-refractivity contribution in [3.05, 3.63) is 24.3 Å². The molecule has 0 spiro atoms. The highest BCUT2D eigenvalue weighted by Gasteiger charge is 2.30. The number of fused-ring (bicyclic) bond motifs is 1. The van der Waals surface area contributed by atoms with Crippen LogP contribution in [0.3, 0.4) is 0 Å². The average Bonchev–Trinajstić information content (AvgIpc) is 2.51. The Morgan fingerprint density at radius 1 is 1.17 bits per heavy atom. The van der Waals surface area contributed by atoms with E-state index < -0.39 is 12.1 Å². The molecule has 126 valence electrons. The SMILES string of the molecule is CC(C)N(C(=O)COC(=O)C1COc2ccccc2O1)C(C)C. The summed E-state index contributed by atoms with van der Waals surface area (Å²) in [6, 6.07) is 7.20. The minimum absolute atomic E-state index is 0.0438. The van der Waals surface area contributed by atoms with E-state index in [0.717, 1.165) is 0 Å². The predicted octanol–water partition coefficient (Wildman–Crippen LogP) is 2.01. The van der Waals surface area contributed by atoms with Gasteiger partial charge in [-0.1, -0.05) is 12.1 Å². The Labute approximate surface area is 136 Å².